The molecule has 1 amide bonds. The summed E-state index contributed by atoms with van der Waals surface area (Å²) in [5, 5.41) is 12.5. The predicted octanol–water partition coefficient (Wildman–Crippen LogP) is 3.35. The van der Waals surface area contributed by atoms with E-state index in [0.29, 0.717) is 18.8 Å². The van der Waals surface area contributed by atoms with E-state index in [1.807, 2.05) is 0 Å². The molecule has 0 atom stereocenters. The largest absolute Gasteiger partial charge is 0.481 e. The Morgan fingerprint density at radius 2 is 1.71 bits per heavy atom. The third-order valence-electron chi connectivity index (χ3n) is 5.49. The molecule has 0 aliphatic heterocycles. The van der Waals surface area contributed by atoms with Gasteiger partial charge in [0, 0.05) is 13.0 Å². The number of hydrogen-bond acceptors (Lipinski definition) is 2. The molecule has 0 aromatic carbocycles. The molecule has 0 heterocycles. The summed E-state index contributed by atoms with van der Waals surface area (Å²) in [6, 6.07) is 0. The maximum Gasteiger partial charge on any atom is 0.310 e. The molecule has 0 bridgehead atoms. The fourth-order valence-corrected chi connectivity index (χ4v) is 3.86. The number of carboxylic acids is 1. The van der Waals surface area contributed by atoms with Crippen LogP contribution >= 0.6 is 0 Å². The molecular weight excluding hydrogens is 266 g/mol. The van der Waals surface area contributed by atoms with E-state index in [0.717, 1.165) is 31.7 Å². The summed E-state index contributed by atoms with van der Waals surface area (Å²) >= 11 is 0. The van der Waals surface area contributed by atoms with Gasteiger partial charge in [-0.25, -0.2) is 0 Å². The summed E-state index contributed by atoms with van der Waals surface area (Å²) in [7, 11) is 0. The van der Waals surface area contributed by atoms with Gasteiger partial charge in [0.05, 0.1) is 5.41 Å². The highest BCUT2D eigenvalue weighted by Crippen LogP contribution is 2.39. The average molecular weight is 295 g/mol. The number of rotatable bonds is 5. The number of carbonyl (C=O) groups is 2. The Morgan fingerprint density at radius 3 is 2.29 bits per heavy atom. The second-order valence-electron chi connectivity index (χ2n) is 7.25. The number of carboxylic acid groups (broad SMARTS) is 1. The lowest BCUT2D eigenvalue weighted by molar-refractivity contribution is -0.154. The SMILES string of the molecule is CC1CCC(CNC(=O)CC2(C(=O)O)CCCCC2)CC1. The zero-order chi connectivity index (χ0) is 15.3. The molecule has 2 N–H and O–H groups in total. The van der Waals surface area contributed by atoms with E-state index in [9.17, 15) is 14.7 Å². The van der Waals surface area contributed by atoms with Gasteiger partial charge in [-0.2, -0.15) is 0 Å². The minimum Gasteiger partial charge on any atom is -0.481 e. The third kappa shape index (κ3) is 4.45. The molecule has 4 heteroatoms. The van der Waals surface area contributed by atoms with E-state index in [2.05, 4.69) is 12.2 Å². The van der Waals surface area contributed by atoms with Crippen molar-refractivity contribution in [2.75, 3.05) is 6.54 Å². The monoisotopic (exact) mass is 295 g/mol. The lowest BCUT2D eigenvalue weighted by Crippen LogP contribution is -2.40. The zero-order valence-electron chi connectivity index (χ0n) is 13.2. The second-order valence-corrected chi connectivity index (χ2v) is 7.25. The van der Waals surface area contributed by atoms with Crippen LogP contribution in [0.25, 0.3) is 0 Å². The fraction of sp³-hybridized carbons (Fsp3) is 0.882. The first-order valence-corrected chi connectivity index (χ1v) is 8.52. The van der Waals surface area contributed by atoms with Gasteiger partial charge in [0.15, 0.2) is 0 Å². The van der Waals surface area contributed by atoms with Crippen LogP contribution in [-0.4, -0.2) is 23.5 Å². The summed E-state index contributed by atoms with van der Waals surface area (Å²) in [4.78, 5) is 23.7. The standard InChI is InChI=1S/C17H29NO3/c1-13-5-7-14(8-6-13)12-18-15(19)11-17(16(20)21)9-3-2-4-10-17/h13-14H,2-12H2,1H3,(H,18,19)(H,20,21). The molecule has 0 saturated heterocycles. The van der Waals surface area contributed by atoms with Gasteiger partial charge in [0.2, 0.25) is 5.91 Å². The van der Waals surface area contributed by atoms with E-state index in [-0.39, 0.29) is 12.3 Å². The van der Waals surface area contributed by atoms with Gasteiger partial charge in [-0.05, 0) is 37.5 Å². The number of hydrogen-bond donors (Lipinski definition) is 2. The van der Waals surface area contributed by atoms with Crippen LogP contribution in [0.4, 0.5) is 0 Å². The number of carbonyl (C=O) groups excluding carboxylic acids is 1. The van der Waals surface area contributed by atoms with E-state index < -0.39 is 11.4 Å². The smallest absolute Gasteiger partial charge is 0.310 e. The number of aliphatic carboxylic acids is 1. The quantitative estimate of drug-likeness (QED) is 0.817. The summed E-state index contributed by atoms with van der Waals surface area (Å²) < 4.78 is 0. The molecule has 2 rings (SSSR count). The lowest BCUT2D eigenvalue weighted by atomic mass is 9.71. The first kappa shape index (κ1) is 16.3. The molecule has 120 valence electrons. The molecule has 0 radical (unpaired) electrons. The molecule has 0 spiro atoms. The zero-order valence-corrected chi connectivity index (χ0v) is 13.2. The topological polar surface area (TPSA) is 66.4 Å². The summed E-state index contributed by atoms with van der Waals surface area (Å²) in [6.45, 7) is 3.01. The first-order valence-electron chi connectivity index (χ1n) is 8.52. The van der Waals surface area contributed by atoms with E-state index in [1.54, 1.807) is 0 Å². The molecule has 0 aromatic heterocycles. The van der Waals surface area contributed by atoms with Gasteiger partial charge >= 0.3 is 5.97 Å². The fourth-order valence-electron chi connectivity index (χ4n) is 3.86. The van der Waals surface area contributed by atoms with Crippen LogP contribution in [0.5, 0.6) is 0 Å². The van der Waals surface area contributed by atoms with Crippen LogP contribution in [0, 0.1) is 17.3 Å². The van der Waals surface area contributed by atoms with Crippen molar-refractivity contribution in [2.45, 2.75) is 71.1 Å². The summed E-state index contributed by atoms with van der Waals surface area (Å²) in [5.74, 6) is 0.536. The van der Waals surface area contributed by atoms with Crippen LogP contribution in [0.15, 0.2) is 0 Å². The first-order chi connectivity index (χ1) is 10.0. The Kier molecular flexibility index (Phi) is 5.65. The molecule has 0 aromatic rings. The molecule has 2 saturated carbocycles. The van der Waals surface area contributed by atoms with Crippen molar-refractivity contribution in [3.05, 3.63) is 0 Å². The highest BCUT2D eigenvalue weighted by molar-refractivity contribution is 5.85. The second kappa shape index (κ2) is 7.28. The van der Waals surface area contributed by atoms with Gasteiger partial charge in [-0.15, -0.1) is 0 Å². The van der Waals surface area contributed by atoms with Crippen molar-refractivity contribution in [2.24, 2.45) is 17.3 Å². The van der Waals surface area contributed by atoms with Crippen molar-refractivity contribution < 1.29 is 14.7 Å². The number of nitrogens with one attached hydrogen (secondary N) is 1. The summed E-state index contributed by atoms with van der Waals surface area (Å²) in [6.07, 6.45) is 9.28. The third-order valence-corrected chi connectivity index (χ3v) is 5.49. The van der Waals surface area contributed by atoms with Crippen LogP contribution in [0.2, 0.25) is 0 Å². The Morgan fingerprint density at radius 1 is 1.10 bits per heavy atom. The predicted molar refractivity (Wildman–Crippen MR) is 81.9 cm³/mol. The van der Waals surface area contributed by atoms with E-state index >= 15 is 0 Å². The van der Waals surface area contributed by atoms with Crippen LogP contribution in [0.3, 0.4) is 0 Å². The summed E-state index contributed by atoms with van der Waals surface area (Å²) in [5.41, 5.74) is -0.802. The van der Waals surface area contributed by atoms with E-state index in [4.69, 9.17) is 0 Å². The minimum absolute atomic E-state index is 0.0714. The van der Waals surface area contributed by atoms with Crippen molar-refractivity contribution in [1.82, 2.24) is 5.32 Å². The van der Waals surface area contributed by atoms with Gasteiger partial charge in [-0.3, -0.25) is 9.59 Å². The Hall–Kier alpha value is -1.06. The maximum absolute atomic E-state index is 12.2. The Labute approximate surface area is 127 Å². The van der Waals surface area contributed by atoms with Gasteiger partial charge in [0.25, 0.3) is 0 Å². The normalized spacial score (nSPS) is 28.8. The molecule has 0 unspecified atom stereocenters. The number of amides is 1. The molecule has 2 aliphatic rings. The highest BCUT2D eigenvalue weighted by atomic mass is 16.4. The van der Waals surface area contributed by atoms with Gasteiger partial charge in [-0.1, -0.05) is 39.0 Å². The van der Waals surface area contributed by atoms with E-state index in [1.165, 1.54) is 25.7 Å². The maximum atomic E-state index is 12.2. The molecule has 2 aliphatic carbocycles. The van der Waals surface area contributed by atoms with Crippen LogP contribution in [0.1, 0.15) is 71.1 Å². The van der Waals surface area contributed by atoms with Crippen molar-refractivity contribution >= 4 is 11.9 Å². The van der Waals surface area contributed by atoms with Crippen molar-refractivity contribution in [1.29, 1.82) is 0 Å². The van der Waals surface area contributed by atoms with Gasteiger partial charge < -0.3 is 10.4 Å². The molecule has 4 nitrogen and oxygen atoms in total. The Balaban J connectivity index is 1.78. The molecular formula is C17H29NO3. The highest BCUT2D eigenvalue weighted by Gasteiger charge is 2.41. The van der Waals surface area contributed by atoms with Crippen molar-refractivity contribution in [3.63, 3.8) is 0 Å². The molecule has 21 heavy (non-hydrogen) atoms. The van der Waals surface area contributed by atoms with Crippen molar-refractivity contribution in [3.8, 4) is 0 Å². The lowest BCUT2D eigenvalue weighted by Gasteiger charge is -2.33. The Bertz CT molecular complexity index is 366. The minimum atomic E-state index is -0.802. The van der Waals surface area contributed by atoms with Crippen LogP contribution < -0.4 is 5.32 Å². The van der Waals surface area contributed by atoms with Crippen LogP contribution in [-0.2, 0) is 9.59 Å². The van der Waals surface area contributed by atoms with Gasteiger partial charge in [0.1, 0.15) is 0 Å². The molecule has 2 fully saturated rings. The average Bonchev–Trinajstić information content (AvgIpc) is 2.47.